The van der Waals surface area contributed by atoms with Gasteiger partial charge in [0.2, 0.25) is 0 Å². The zero-order valence-electron chi connectivity index (χ0n) is 11.8. The topological polar surface area (TPSA) is 73.1 Å². The van der Waals surface area contributed by atoms with Crippen molar-refractivity contribution in [2.75, 3.05) is 13.7 Å². The van der Waals surface area contributed by atoms with Crippen molar-refractivity contribution in [3.05, 3.63) is 48.4 Å². The number of methoxy groups -OCH3 is 1. The zero-order valence-corrected chi connectivity index (χ0v) is 11.8. The first-order valence-electron chi connectivity index (χ1n) is 6.33. The molecule has 1 aromatic carbocycles. The number of amides is 1. The summed E-state index contributed by atoms with van der Waals surface area (Å²) in [6.45, 7) is 1.58. The number of para-hydroxylation sites is 2. The maximum absolute atomic E-state index is 11.7. The monoisotopic (exact) mass is 288 g/mol. The first kappa shape index (κ1) is 14.6. The van der Waals surface area contributed by atoms with Gasteiger partial charge < -0.3 is 13.9 Å². The third kappa shape index (κ3) is 4.10. The van der Waals surface area contributed by atoms with Crippen LogP contribution >= 0.6 is 0 Å². The van der Waals surface area contributed by atoms with E-state index >= 15 is 0 Å². The molecule has 1 aromatic heterocycles. The molecular weight excluding hydrogens is 272 g/mol. The molecule has 1 N–H and O–H groups in total. The molecule has 0 atom stereocenters. The van der Waals surface area contributed by atoms with Gasteiger partial charge in [-0.25, -0.2) is 5.43 Å². The molecule has 110 valence electrons. The lowest BCUT2D eigenvalue weighted by atomic mass is 10.3. The number of nitrogens with zero attached hydrogens (tertiary/aromatic N) is 1. The van der Waals surface area contributed by atoms with Gasteiger partial charge in [0.15, 0.2) is 18.1 Å². The number of hydrogen-bond donors (Lipinski definition) is 1. The normalized spacial score (nSPS) is 11.0. The summed E-state index contributed by atoms with van der Waals surface area (Å²) in [5, 5.41) is 3.93. The van der Waals surface area contributed by atoms with Crippen LogP contribution in [0.5, 0.6) is 11.5 Å². The molecule has 0 aliphatic heterocycles. The van der Waals surface area contributed by atoms with E-state index in [1.807, 2.05) is 6.07 Å². The molecule has 0 aliphatic carbocycles. The molecule has 6 heteroatoms. The highest BCUT2D eigenvalue weighted by Gasteiger charge is 2.07. The van der Waals surface area contributed by atoms with Crippen LogP contribution in [0.25, 0.3) is 0 Å². The number of carbonyl (C=O) groups is 1. The molecule has 0 aliphatic rings. The highest BCUT2D eigenvalue weighted by atomic mass is 16.5. The van der Waals surface area contributed by atoms with Crippen LogP contribution in [0.2, 0.25) is 0 Å². The minimum absolute atomic E-state index is 0.157. The van der Waals surface area contributed by atoms with Gasteiger partial charge in [-0.2, -0.15) is 5.10 Å². The predicted molar refractivity (Wildman–Crippen MR) is 77.6 cm³/mol. The average molecular weight is 288 g/mol. The summed E-state index contributed by atoms with van der Waals surface area (Å²) < 4.78 is 15.7. The first-order chi connectivity index (χ1) is 10.2. The Bertz CT molecular complexity index is 620. The summed E-state index contributed by atoms with van der Waals surface area (Å²) in [6.07, 6.45) is 1.54. The standard InChI is InChI=1S/C15H16N2O4/c1-11(12-8-5-9-20-12)16-17-15(18)10-21-14-7-4-3-6-13(14)19-2/h3-9H,10H2,1-2H3,(H,17,18). The van der Waals surface area contributed by atoms with Crippen LogP contribution in [0.15, 0.2) is 52.2 Å². The molecule has 1 amide bonds. The fourth-order valence-electron chi connectivity index (χ4n) is 1.60. The van der Waals surface area contributed by atoms with Crippen molar-refractivity contribution in [1.29, 1.82) is 0 Å². The van der Waals surface area contributed by atoms with Crippen LogP contribution in [-0.4, -0.2) is 25.3 Å². The fraction of sp³-hybridized carbons (Fsp3) is 0.200. The Morgan fingerprint density at radius 2 is 2.00 bits per heavy atom. The largest absolute Gasteiger partial charge is 0.493 e. The molecule has 2 rings (SSSR count). The SMILES string of the molecule is COc1ccccc1OCC(=O)NN=C(C)c1ccco1. The van der Waals surface area contributed by atoms with E-state index in [1.54, 1.807) is 50.6 Å². The van der Waals surface area contributed by atoms with E-state index in [0.29, 0.717) is 23.0 Å². The highest BCUT2D eigenvalue weighted by Crippen LogP contribution is 2.25. The molecule has 0 saturated heterocycles. The van der Waals surface area contributed by atoms with Gasteiger partial charge in [-0.15, -0.1) is 0 Å². The number of nitrogens with one attached hydrogen (secondary N) is 1. The third-order valence-corrected chi connectivity index (χ3v) is 2.65. The molecule has 0 spiro atoms. The van der Waals surface area contributed by atoms with Gasteiger partial charge in [-0.05, 0) is 31.2 Å². The fourth-order valence-corrected chi connectivity index (χ4v) is 1.60. The third-order valence-electron chi connectivity index (χ3n) is 2.65. The van der Waals surface area contributed by atoms with Crippen molar-refractivity contribution in [3.63, 3.8) is 0 Å². The number of hydrazone groups is 1. The molecule has 0 unspecified atom stereocenters. The van der Waals surface area contributed by atoms with Crippen LogP contribution in [0, 0.1) is 0 Å². The lowest BCUT2D eigenvalue weighted by molar-refractivity contribution is -0.123. The molecule has 1 heterocycles. The van der Waals surface area contributed by atoms with Crippen LogP contribution in [-0.2, 0) is 4.79 Å². The van der Waals surface area contributed by atoms with Crippen molar-refractivity contribution in [1.82, 2.24) is 5.43 Å². The number of rotatable bonds is 6. The van der Waals surface area contributed by atoms with E-state index in [1.165, 1.54) is 0 Å². The van der Waals surface area contributed by atoms with Crippen LogP contribution in [0.1, 0.15) is 12.7 Å². The number of hydrogen-bond acceptors (Lipinski definition) is 5. The summed E-state index contributed by atoms with van der Waals surface area (Å²) in [4.78, 5) is 11.7. The molecule has 0 fully saturated rings. The summed E-state index contributed by atoms with van der Waals surface area (Å²) in [6, 6.07) is 10.6. The zero-order chi connectivity index (χ0) is 15.1. The van der Waals surface area contributed by atoms with Crippen LogP contribution in [0.4, 0.5) is 0 Å². The molecule has 0 radical (unpaired) electrons. The summed E-state index contributed by atoms with van der Waals surface area (Å²) in [5.41, 5.74) is 2.98. The average Bonchev–Trinajstić information content (AvgIpc) is 3.05. The van der Waals surface area contributed by atoms with E-state index in [4.69, 9.17) is 13.9 Å². The summed E-state index contributed by atoms with van der Waals surface area (Å²) in [5.74, 6) is 1.30. The van der Waals surface area contributed by atoms with Gasteiger partial charge in [-0.1, -0.05) is 12.1 Å². The number of ether oxygens (including phenoxy) is 2. The summed E-state index contributed by atoms with van der Waals surface area (Å²) >= 11 is 0. The molecule has 2 aromatic rings. The van der Waals surface area contributed by atoms with Gasteiger partial charge in [0.1, 0.15) is 11.5 Å². The Balaban J connectivity index is 1.86. The van der Waals surface area contributed by atoms with E-state index in [-0.39, 0.29) is 12.5 Å². The van der Waals surface area contributed by atoms with Gasteiger partial charge in [0.25, 0.3) is 5.91 Å². The second-order valence-corrected chi connectivity index (χ2v) is 4.15. The second kappa shape index (κ2) is 7.14. The summed E-state index contributed by atoms with van der Waals surface area (Å²) in [7, 11) is 1.54. The molecular formula is C15H16N2O4. The predicted octanol–water partition coefficient (Wildman–Crippen LogP) is 2.21. The number of benzene rings is 1. The Kier molecular flexibility index (Phi) is 4.98. The van der Waals surface area contributed by atoms with Crippen molar-refractivity contribution in [2.45, 2.75) is 6.92 Å². The van der Waals surface area contributed by atoms with E-state index < -0.39 is 0 Å². The molecule has 0 saturated carbocycles. The van der Waals surface area contributed by atoms with Gasteiger partial charge in [0.05, 0.1) is 13.4 Å². The maximum atomic E-state index is 11.7. The van der Waals surface area contributed by atoms with Gasteiger partial charge >= 0.3 is 0 Å². The minimum Gasteiger partial charge on any atom is -0.493 e. The Hall–Kier alpha value is -2.76. The molecule has 6 nitrogen and oxygen atoms in total. The second-order valence-electron chi connectivity index (χ2n) is 4.15. The van der Waals surface area contributed by atoms with Gasteiger partial charge in [-0.3, -0.25) is 4.79 Å². The van der Waals surface area contributed by atoms with Crippen molar-refractivity contribution in [2.24, 2.45) is 5.10 Å². The highest BCUT2D eigenvalue weighted by molar-refractivity contribution is 5.96. The minimum atomic E-state index is -0.369. The lowest BCUT2D eigenvalue weighted by Gasteiger charge is -2.09. The van der Waals surface area contributed by atoms with Crippen molar-refractivity contribution < 1.29 is 18.7 Å². The van der Waals surface area contributed by atoms with Gasteiger partial charge in [0, 0.05) is 0 Å². The smallest absolute Gasteiger partial charge is 0.277 e. The van der Waals surface area contributed by atoms with Crippen LogP contribution < -0.4 is 14.9 Å². The Labute approximate surface area is 122 Å². The van der Waals surface area contributed by atoms with E-state index in [2.05, 4.69) is 10.5 Å². The Morgan fingerprint density at radius 1 is 1.24 bits per heavy atom. The number of carbonyl (C=O) groups excluding carboxylic acids is 1. The molecule has 21 heavy (non-hydrogen) atoms. The Morgan fingerprint density at radius 3 is 2.67 bits per heavy atom. The first-order valence-corrected chi connectivity index (χ1v) is 6.33. The van der Waals surface area contributed by atoms with E-state index in [0.717, 1.165) is 0 Å². The number of furan rings is 1. The van der Waals surface area contributed by atoms with Crippen molar-refractivity contribution >= 4 is 11.6 Å². The molecule has 0 bridgehead atoms. The van der Waals surface area contributed by atoms with Crippen molar-refractivity contribution in [3.8, 4) is 11.5 Å². The van der Waals surface area contributed by atoms with E-state index in [9.17, 15) is 4.79 Å². The quantitative estimate of drug-likeness (QED) is 0.653. The lowest BCUT2D eigenvalue weighted by Crippen LogP contribution is -2.25. The maximum Gasteiger partial charge on any atom is 0.277 e. The van der Waals surface area contributed by atoms with Crippen LogP contribution in [0.3, 0.4) is 0 Å².